The number of halogens is 1. The predicted octanol–water partition coefficient (Wildman–Crippen LogP) is 9.51. The van der Waals surface area contributed by atoms with Crippen LogP contribution in [0, 0.1) is 58.2 Å². The van der Waals surface area contributed by atoms with E-state index in [0.717, 1.165) is 47.3 Å². The van der Waals surface area contributed by atoms with E-state index in [1.807, 2.05) is 0 Å². The van der Waals surface area contributed by atoms with Gasteiger partial charge >= 0.3 is 0 Å². The van der Waals surface area contributed by atoms with Crippen molar-refractivity contribution in [1.82, 2.24) is 0 Å². The third-order valence-corrected chi connectivity index (χ3v) is 12.0. The van der Waals surface area contributed by atoms with Crippen molar-refractivity contribution in [2.45, 2.75) is 118 Å². The summed E-state index contributed by atoms with van der Waals surface area (Å²) in [7, 11) is 0. The summed E-state index contributed by atoms with van der Waals surface area (Å²) in [5.41, 5.74) is 1.34. The van der Waals surface area contributed by atoms with Gasteiger partial charge in [-0.3, -0.25) is 0 Å². The first-order chi connectivity index (χ1) is 14.3. The minimum atomic E-state index is 0.661. The third-order valence-electron chi connectivity index (χ3n) is 11.5. The molecule has 4 saturated carbocycles. The van der Waals surface area contributed by atoms with Crippen LogP contribution in [0.4, 0.5) is 0 Å². The van der Waals surface area contributed by atoms with Crippen molar-refractivity contribution < 1.29 is 0 Å². The van der Waals surface area contributed by atoms with Gasteiger partial charge in [0, 0.05) is 5.33 Å². The number of alkyl halides is 1. The Morgan fingerprint density at radius 2 is 1.57 bits per heavy atom. The van der Waals surface area contributed by atoms with Crippen LogP contribution in [-0.4, -0.2) is 5.33 Å². The Hall–Kier alpha value is 0.480. The van der Waals surface area contributed by atoms with Crippen LogP contribution >= 0.6 is 15.9 Å². The highest BCUT2D eigenvalue weighted by molar-refractivity contribution is 9.09. The lowest BCUT2D eigenvalue weighted by Crippen LogP contribution is -2.53. The molecule has 4 aliphatic rings. The highest BCUT2D eigenvalue weighted by Gasteiger charge is 2.60. The van der Waals surface area contributed by atoms with Crippen molar-refractivity contribution in [3.05, 3.63) is 0 Å². The lowest BCUT2D eigenvalue weighted by atomic mass is 9.44. The van der Waals surface area contributed by atoms with Gasteiger partial charge in [0.15, 0.2) is 0 Å². The van der Waals surface area contributed by atoms with E-state index in [0.29, 0.717) is 10.8 Å². The average molecular weight is 480 g/mol. The first kappa shape index (κ1) is 23.6. The van der Waals surface area contributed by atoms with Crippen molar-refractivity contribution in [3.8, 4) is 0 Å². The molecule has 174 valence electrons. The molecule has 4 aliphatic carbocycles. The van der Waals surface area contributed by atoms with Gasteiger partial charge in [-0.2, -0.15) is 0 Å². The number of hydrogen-bond donors (Lipinski definition) is 0. The van der Waals surface area contributed by atoms with Gasteiger partial charge < -0.3 is 0 Å². The summed E-state index contributed by atoms with van der Waals surface area (Å²) in [5, 5.41) is 1.21. The van der Waals surface area contributed by atoms with Gasteiger partial charge in [-0.05, 0) is 122 Å². The van der Waals surface area contributed by atoms with E-state index in [2.05, 4.69) is 50.5 Å². The molecule has 0 aromatic rings. The van der Waals surface area contributed by atoms with Gasteiger partial charge in [0.25, 0.3) is 0 Å². The second kappa shape index (κ2) is 9.38. The normalized spacial score (nSPS) is 46.9. The van der Waals surface area contributed by atoms with Crippen LogP contribution < -0.4 is 0 Å². The van der Waals surface area contributed by atoms with Crippen LogP contribution in [-0.2, 0) is 0 Å². The van der Waals surface area contributed by atoms with E-state index in [9.17, 15) is 0 Å². The summed E-state index contributed by atoms with van der Waals surface area (Å²) in [6.45, 7) is 12.9. The van der Waals surface area contributed by atoms with Crippen molar-refractivity contribution >= 4 is 15.9 Å². The zero-order valence-corrected chi connectivity index (χ0v) is 22.5. The smallest absolute Gasteiger partial charge is 0.00339 e. The van der Waals surface area contributed by atoms with Crippen LogP contribution in [0.25, 0.3) is 0 Å². The Bertz CT molecular complexity index is 569. The van der Waals surface area contributed by atoms with Gasteiger partial charge in [-0.15, -0.1) is 0 Å². The van der Waals surface area contributed by atoms with Crippen LogP contribution in [0.5, 0.6) is 0 Å². The molecule has 2 unspecified atom stereocenters. The highest BCUT2D eigenvalue weighted by Crippen LogP contribution is 2.68. The molecule has 0 aliphatic heterocycles. The van der Waals surface area contributed by atoms with E-state index >= 15 is 0 Å². The van der Waals surface area contributed by atoms with E-state index in [4.69, 9.17) is 0 Å². The second-order valence-electron chi connectivity index (χ2n) is 13.3. The predicted molar refractivity (Wildman–Crippen MR) is 135 cm³/mol. The van der Waals surface area contributed by atoms with Crippen molar-refractivity contribution in [1.29, 1.82) is 0 Å². The molecule has 0 aromatic heterocycles. The standard InChI is InChI=1S/C29H51Br/c1-20(2)7-6-8-21(3)25-11-12-26-24-10-9-23-19-22(15-18-30)13-16-28(23,4)27(24)14-17-29(25,26)5/h20-27H,6-19H2,1-5H3/t21-,22?,23?,24+,25-,26+,27+,28+,29-/m1/s1. The quantitative estimate of drug-likeness (QED) is 0.319. The van der Waals surface area contributed by atoms with Gasteiger partial charge in [-0.1, -0.05) is 69.8 Å². The first-order valence-electron chi connectivity index (χ1n) is 13.9. The maximum absolute atomic E-state index is 3.72. The Labute approximate surface area is 197 Å². The van der Waals surface area contributed by atoms with E-state index in [1.54, 1.807) is 44.9 Å². The number of fused-ring (bicyclic) bond motifs is 5. The molecule has 4 rings (SSSR count). The minimum Gasteiger partial charge on any atom is -0.0928 e. The van der Waals surface area contributed by atoms with Gasteiger partial charge in [-0.25, -0.2) is 0 Å². The fraction of sp³-hybridized carbons (Fsp3) is 1.00. The molecule has 1 heteroatoms. The van der Waals surface area contributed by atoms with Crippen LogP contribution in [0.3, 0.4) is 0 Å². The molecule has 0 spiro atoms. The van der Waals surface area contributed by atoms with E-state index < -0.39 is 0 Å². The SMILES string of the molecule is CC(C)CCC[C@@H](C)[C@H]1CC[C@H]2[C@@H]3CCC4CC(CCBr)CC[C@]4(C)[C@H]3CC[C@]12C. The van der Waals surface area contributed by atoms with Crippen LogP contribution in [0.1, 0.15) is 118 Å². The zero-order valence-electron chi connectivity index (χ0n) is 20.9. The van der Waals surface area contributed by atoms with E-state index in [1.165, 1.54) is 43.9 Å². The zero-order chi connectivity index (χ0) is 21.5. The molecule has 0 N–H and O–H groups in total. The van der Waals surface area contributed by atoms with Crippen LogP contribution in [0.15, 0.2) is 0 Å². The molecule has 9 atom stereocenters. The van der Waals surface area contributed by atoms with Crippen molar-refractivity contribution in [3.63, 3.8) is 0 Å². The average Bonchev–Trinajstić information content (AvgIpc) is 3.05. The van der Waals surface area contributed by atoms with E-state index in [-0.39, 0.29) is 0 Å². The molecule has 0 radical (unpaired) electrons. The van der Waals surface area contributed by atoms with Crippen molar-refractivity contribution in [2.24, 2.45) is 58.2 Å². The molecule has 0 amide bonds. The number of rotatable bonds is 7. The molecule has 0 bridgehead atoms. The summed E-state index contributed by atoms with van der Waals surface area (Å²) >= 11 is 3.72. The van der Waals surface area contributed by atoms with Crippen LogP contribution in [0.2, 0.25) is 0 Å². The molecular weight excluding hydrogens is 428 g/mol. The summed E-state index contributed by atoms with van der Waals surface area (Å²) in [6, 6.07) is 0. The van der Waals surface area contributed by atoms with Crippen molar-refractivity contribution in [2.75, 3.05) is 5.33 Å². The molecule has 4 fully saturated rings. The molecule has 0 heterocycles. The van der Waals surface area contributed by atoms with Gasteiger partial charge in [0.05, 0.1) is 0 Å². The first-order valence-corrected chi connectivity index (χ1v) is 15.0. The number of hydrogen-bond acceptors (Lipinski definition) is 0. The fourth-order valence-corrected chi connectivity index (χ4v) is 10.4. The Kier molecular flexibility index (Phi) is 7.39. The molecular formula is C29H51Br. The highest BCUT2D eigenvalue weighted by atomic mass is 79.9. The Morgan fingerprint density at radius 1 is 0.833 bits per heavy atom. The summed E-state index contributed by atoms with van der Waals surface area (Å²) in [4.78, 5) is 0. The fourth-order valence-electron chi connectivity index (χ4n) is 9.79. The minimum absolute atomic E-state index is 0.661. The topological polar surface area (TPSA) is 0 Å². The molecule has 0 saturated heterocycles. The lowest BCUT2D eigenvalue weighted by molar-refractivity contribution is -0.121. The molecule has 0 aromatic carbocycles. The van der Waals surface area contributed by atoms with Gasteiger partial charge in [0.2, 0.25) is 0 Å². The third kappa shape index (κ3) is 4.21. The van der Waals surface area contributed by atoms with Gasteiger partial charge in [0.1, 0.15) is 0 Å². The summed E-state index contributed by atoms with van der Waals surface area (Å²) in [5.74, 6) is 8.04. The maximum Gasteiger partial charge on any atom is 0.00339 e. The lowest BCUT2D eigenvalue weighted by Gasteiger charge is -2.61. The second-order valence-corrected chi connectivity index (χ2v) is 14.1. The Balaban J connectivity index is 1.43. The Morgan fingerprint density at radius 3 is 2.30 bits per heavy atom. The summed E-state index contributed by atoms with van der Waals surface area (Å²) < 4.78 is 0. The monoisotopic (exact) mass is 478 g/mol. The molecule has 30 heavy (non-hydrogen) atoms. The largest absolute Gasteiger partial charge is 0.0928 e. The molecule has 0 nitrogen and oxygen atoms in total. The maximum atomic E-state index is 3.72. The summed E-state index contributed by atoms with van der Waals surface area (Å²) in [6.07, 6.45) is 19.7.